The summed E-state index contributed by atoms with van der Waals surface area (Å²) in [7, 11) is 0. The van der Waals surface area contributed by atoms with Gasteiger partial charge in [-0.3, -0.25) is 14.0 Å². The normalized spacial score (nSPS) is 21.4. The molecule has 11 heteroatoms. The number of thiazole rings is 2. The number of aromatic nitrogens is 3. The van der Waals surface area contributed by atoms with Gasteiger partial charge in [-0.15, -0.1) is 11.3 Å². The average Bonchev–Trinajstić information content (AvgIpc) is 3.19. The number of anilines is 1. The van der Waals surface area contributed by atoms with Crippen LogP contribution in [0, 0.1) is 11.8 Å². The van der Waals surface area contributed by atoms with Gasteiger partial charge in [-0.05, 0) is 36.0 Å². The van der Waals surface area contributed by atoms with E-state index >= 15 is 0 Å². The second-order valence-corrected chi connectivity index (χ2v) is 10.7. The van der Waals surface area contributed by atoms with Crippen molar-refractivity contribution in [1.82, 2.24) is 24.6 Å². The Bertz CT molecular complexity index is 1390. The minimum Gasteiger partial charge on any atom is -0.375 e. The highest BCUT2D eigenvalue weighted by molar-refractivity contribution is 7.19. The third-order valence-electron chi connectivity index (χ3n) is 6.35. The lowest BCUT2D eigenvalue weighted by molar-refractivity contribution is 0.0690. The summed E-state index contributed by atoms with van der Waals surface area (Å²) in [5.41, 5.74) is 7.64. The molecule has 0 spiro atoms. The highest BCUT2D eigenvalue weighted by atomic mass is 35.5. The molecule has 6 rings (SSSR count). The monoisotopic (exact) mass is 498 g/mol. The Morgan fingerprint density at radius 1 is 1.33 bits per heavy atom. The molecule has 0 bridgehead atoms. The number of hydrogen-bond donors (Lipinski definition) is 2. The number of rotatable bonds is 5. The molecule has 0 unspecified atom stereocenters. The van der Waals surface area contributed by atoms with Crippen LogP contribution < -0.4 is 11.1 Å². The molecule has 2 aliphatic rings. The second kappa shape index (κ2) is 7.82. The average molecular weight is 499 g/mol. The number of hydrogen-bond acceptors (Lipinski definition) is 7. The Kier molecular flexibility index (Phi) is 4.89. The summed E-state index contributed by atoms with van der Waals surface area (Å²) in [6.45, 7) is 1.05. The number of amides is 2. The number of halogens is 1. The third kappa shape index (κ3) is 3.58. The summed E-state index contributed by atoms with van der Waals surface area (Å²) in [5, 5.41) is 5.82. The first-order chi connectivity index (χ1) is 16.0. The van der Waals surface area contributed by atoms with E-state index in [1.807, 2.05) is 28.6 Å². The first-order valence-electron chi connectivity index (χ1n) is 10.5. The summed E-state index contributed by atoms with van der Waals surface area (Å²) in [6.07, 6.45) is 4.48. The lowest BCUT2D eigenvalue weighted by atomic mass is 10.1. The van der Waals surface area contributed by atoms with Crippen LogP contribution in [0.2, 0.25) is 5.02 Å². The fraction of sp³-hybridized carbons (Fsp3) is 0.273. The molecule has 0 radical (unpaired) electrons. The van der Waals surface area contributed by atoms with Gasteiger partial charge in [-0.25, -0.2) is 9.97 Å². The summed E-state index contributed by atoms with van der Waals surface area (Å²) in [4.78, 5) is 38.3. The van der Waals surface area contributed by atoms with E-state index in [4.69, 9.17) is 17.3 Å². The Hall–Kier alpha value is -2.95. The van der Waals surface area contributed by atoms with E-state index in [0.29, 0.717) is 51.3 Å². The topological polar surface area (TPSA) is 106 Å². The zero-order valence-electron chi connectivity index (χ0n) is 17.3. The molecular formula is C22H19ClN6O2S2. The van der Waals surface area contributed by atoms with Crippen molar-refractivity contribution in [2.45, 2.75) is 12.5 Å². The number of nitrogens with two attached hydrogens (primary N) is 1. The number of carbonyl (C=O) groups is 2. The van der Waals surface area contributed by atoms with Crippen molar-refractivity contribution in [3.63, 3.8) is 0 Å². The zero-order chi connectivity index (χ0) is 22.7. The number of nitrogens with one attached hydrogen (secondary N) is 1. The molecule has 1 saturated carbocycles. The number of nitrogen functional groups attached to an aromatic ring is 1. The highest BCUT2D eigenvalue weighted by Crippen LogP contribution is 2.50. The van der Waals surface area contributed by atoms with E-state index in [1.165, 1.54) is 22.7 Å². The van der Waals surface area contributed by atoms with Crippen molar-refractivity contribution < 1.29 is 9.59 Å². The summed E-state index contributed by atoms with van der Waals surface area (Å²) >= 11 is 8.91. The minimum absolute atomic E-state index is 0.0764. The molecule has 3 atom stereocenters. The first kappa shape index (κ1) is 20.6. The van der Waals surface area contributed by atoms with Gasteiger partial charge in [0, 0.05) is 29.7 Å². The quantitative estimate of drug-likeness (QED) is 0.437. The SMILES string of the molecule is Nc1nc(C(=O)N2C[C@H]3C[C@H]3[C@H]2CNC(=O)c2cnc3sccn23)c(-c2cccc(Cl)c2)s1. The molecule has 1 aliphatic heterocycles. The zero-order valence-corrected chi connectivity index (χ0v) is 19.7. The van der Waals surface area contributed by atoms with Gasteiger partial charge in [0.1, 0.15) is 11.4 Å². The van der Waals surface area contributed by atoms with E-state index in [-0.39, 0.29) is 17.9 Å². The molecule has 4 aromatic rings. The van der Waals surface area contributed by atoms with Crippen molar-refractivity contribution in [3.8, 4) is 10.4 Å². The van der Waals surface area contributed by atoms with Crippen LogP contribution in [0.15, 0.2) is 42.0 Å². The Morgan fingerprint density at radius 2 is 2.21 bits per heavy atom. The van der Waals surface area contributed by atoms with E-state index in [1.54, 1.807) is 22.7 Å². The molecule has 168 valence electrons. The van der Waals surface area contributed by atoms with E-state index < -0.39 is 0 Å². The lowest BCUT2D eigenvalue weighted by Gasteiger charge is -2.27. The van der Waals surface area contributed by atoms with Crippen LogP contribution in [-0.2, 0) is 0 Å². The second-order valence-electron chi connectivity index (χ2n) is 8.33. The maximum Gasteiger partial charge on any atom is 0.274 e. The van der Waals surface area contributed by atoms with Crippen molar-refractivity contribution in [3.05, 3.63) is 58.4 Å². The third-order valence-corrected chi connectivity index (χ3v) is 8.29. The summed E-state index contributed by atoms with van der Waals surface area (Å²) < 4.78 is 1.77. The number of likely N-dealkylation sites (tertiary alicyclic amines) is 1. The number of nitrogens with zero attached hydrogens (tertiary/aromatic N) is 4. The number of piperidine rings is 1. The molecule has 1 aromatic carbocycles. The molecule has 2 amide bonds. The fourth-order valence-corrected chi connectivity index (χ4v) is 6.39. The number of benzene rings is 1. The number of fused-ring (bicyclic) bond motifs is 2. The predicted octanol–water partition coefficient (Wildman–Crippen LogP) is 3.65. The van der Waals surface area contributed by atoms with Gasteiger partial charge in [0.25, 0.3) is 11.8 Å². The standard InChI is InChI=1S/C22H19ClN6O2S2/c23-13-3-1-2-11(6-13)18-17(27-21(24)33-18)20(31)29-10-12-7-14(12)15(29)8-25-19(30)16-9-26-22-28(16)4-5-32-22/h1-6,9,12,14-15H,7-8,10H2,(H2,24,27)(H,25,30)/t12-,14-,15-/m1/s1. The highest BCUT2D eigenvalue weighted by Gasteiger charge is 2.54. The number of imidazole rings is 1. The van der Waals surface area contributed by atoms with Crippen LogP contribution in [0.1, 0.15) is 27.4 Å². The minimum atomic E-state index is -0.199. The lowest BCUT2D eigenvalue weighted by Crippen LogP contribution is -2.46. The van der Waals surface area contributed by atoms with E-state index in [0.717, 1.165) is 16.9 Å². The maximum absolute atomic E-state index is 13.6. The van der Waals surface area contributed by atoms with Crippen LogP contribution >= 0.6 is 34.3 Å². The van der Waals surface area contributed by atoms with Crippen molar-refractivity contribution in [2.24, 2.45) is 11.8 Å². The van der Waals surface area contributed by atoms with E-state index in [2.05, 4.69) is 15.3 Å². The molecule has 8 nitrogen and oxygen atoms in total. The smallest absolute Gasteiger partial charge is 0.274 e. The van der Waals surface area contributed by atoms with Gasteiger partial charge >= 0.3 is 0 Å². The first-order valence-corrected chi connectivity index (χ1v) is 12.6. The van der Waals surface area contributed by atoms with Crippen LogP contribution in [0.5, 0.6) is 0 Å². The van der Waals surface area contributed by atoms with Crippen LogP contribution in [0.25, 0.3) is 15.4 Å². The maximum atomic E-state index is 13.6. The van der Waals surface area contributed by atoms with E-state index in [9.17, 15) is 9.59 Å². The molecule has 3 aromatic heterocycles. The van der Waals surface area contributed by atoms with Crippen molar-refractivity contribution >= 4 is 56.2 Å². The molecule has 1 aliphatic carbocycles. The van der Waals surface area contributed by atoms with Gasteiger partial charge in [0.15, 0.2) is 10.1 Å². The molecule has 3 N–H and O–H groups in total. The Morgan fingerprint density at radius 3 is 3.06 bits per heavy atom. The van der Waals surface area contributed by atoms with Gasteiger partial charge in [0.2, 0.25) is 0 Å². The van der Waals surface area contributed by atoms with Crippen LogP contribution in [0.4, 0.5) is 5.13 Å². The molecule has 2 fully saturated rings. The van der Waals surface area contributed by atoms with Gasteiger partial charge in [0.05, 0.1) is 17.1 Å². The predicted molar refractivity (Wildman–Crippen MR) is 129 cm³/mol. The largest absolute Gasteiger partial charge is 0.375 e. The Labute approximate surface area is 202 Å². The summed E-state index contributed by atoms with van der Waals surface area (Å²) in [6, 6.07) is 7.25. The Balaban J connectivity index is 1.23. The fourth-order valence-electron chi connectivity index (χ4n) is 4.69. The van der Waals surface area contributed by atoms with Gasteiger partial charge in [-0.2, -0.15) is 0 Å². The number of carbonyl (C=O) groups excluding carboxylic acids is 2. The van der Waals surface area contributed by atoms with Crippen molar-refractivity contribution in [1.29, 1.82) is 0 Å². The van der Waals surface area contributed by atoms with Gasteiger partial charge in [-0.1, -0.05) is 35.1 Å². The van der Waals surface area contributed by atoms with Crippen LogP contribution in [0.3, 0.4) is 0 Å². The van der Waals surface area contributed by atoms with Crippen LogP contribution in [-0.4, -0.2) is 50.2 Å². The molecule has 1 saturated heterocycles. The molecule has 33 heavy (non-hydrogen) atoms. The molecule has 4 heterocycles. The summed E-state index contributed by atoms with van der Waals surface area (Å²) in [5.74, 6) is 0.510. The van der Waals surface area contributed by atoms with Crippen molar-refractivity contribution in [2.75, 3.05) is 18.8 Å². The van der Waals surface area contributed by atoms with Gasteiger partial charge < -0.3 is 16.0 Å². The molecular weight excluding hydrogens is 480 g/mol.